The third-order valence-electron chi connectivity index (χ3n) is 4.65. The van der Waals surface area contributed by atoms with Gasteiger partial charge in [0.2, 0.25) is 5.91 Å². The number of carbonyl (C=O) groups excluding carboxylic acids is 1. The van der Waals surface area contributed by atoms with Crippen molar-refractivity contribution in [2.45, 2.75) is 44.2 Å². The largest absolute Gasteiger partial charge is 0.340 e. The van der Waals surface area contributed by atoms with Crippen LogP contribution in [0.15, 0.2) is 0 Å². The second-order valence-corrected chi connectivity index (χ2v) is 7.48. The Morgan fingerprint density at radius 1 is 1.17 bits per heavy atom. The maximum atomic E-state index is 12.4. The van der Waals surface area contributed by atoms with E-state index in [0.29, 0.717) is 36.6 Å². The van der Waals surface area contributed by atoms with Crippen LogP contribution in [0.1, 0.15) is 32.1 Å². The van der Waals surface area contributed by atoms with Gasteiger partial charge in [-0.25, -0.2) is 0 Å². The lowest BCUT2D eigenvalue weighted by molar-refractivity contribution is -0.132. The van der Waals surface area contributed by atoms with Crippen LogP contribution in [-0.4, -0.2) is 51.7 Å². The van der Waals surface area contributed by atoms with Gasteiger partial charge in [-0.2, -0.15) is 0 Å². The number of nitrogens with zero attached hydrogens (tertiary/aromatic N) is 1. The van der Waals surface area contributed by atoms with Gasteiger partial charge in [0.05, 0.1) is 6.04 Å². The van der Waals surface area contributed by atoms with Gasteiger partial charge in [-0.05, 0) is 25.2 Å². The minimum atomic E-state index is -0.700. The van der Waals surface area contributed by atoms with Gasteiger partial charge in [0.15, 0.2) is 0 Å². The van der Waals surface area contributed by atoms with Gasteiger partial charge in [0.25, 0.3) is 0 Å². The third kappa shape index (κ3) is 2.48. The highest BCUT2D eigenvalue weighted by Gasteiger charge is 2.39. The first-order valence-corrected chi connectivity index (χ1v) is 8.62. The summed E-state index contributed by atoms with van der Waals surface area (Å²) < 4.78 is 11.3. The summed E-state index contributed by atoms with van der Waals surface area (Å²) in [6.45, 7) is 1.36. The maximum Gasteiger partial charge on any atom is 0.239 e. The number of hydrogen-bond donors (Lipinski definition) is 1. The number of fused-ring (bicyclic) bond motifs is 1. The highest BCUT2D eigenvalue weighted by molar-refractivity contribution is 7.85. The van der Waals surface area contributed by atoms with E-state index in [4.69, 9.17) is 0 Å². The van der Waals surface area contributed by atoms with Crippen LogP contribution < -0.4 is 5.32 Å². The molecule has 0 spiro atoms. The van der Waals surface area contributed by atoms with Crippen molar-refractivity contribution in [3.05, 3.63) is 0 Å². The molecular formula is C13H22N2O2S. The van der Waals surface area contributed by atoms with E-state index in [9.17, 15) is 9.00 Å². The summed E-state index contributed by atoms with van der Waals surface area (Å²) in [6.07, 6.45) is 6.16. The molecule has 3 atom stereocenters. The Balaban J connectivity index is 1.58. The fourth-order valence-corrected chi connectivity index (χ4v) is 4.64. The highest BCUT2D eigenvalue weighted by Crippen LogP contribution is 2.33. The molecule has 18 heavy (non-hydrogen) atoms. The molecule has 1 saturated carbocycles. The van der Waals surface area contributed by atoms with E-state index in [2.05, 4.69) is 5.32 Å². The van der Waals surface area contributed by atoms with Crippen LogP contribution in [0, 0.1) is 5.92 Å². The Morgan fingerprint density at radius 2 is 1.89 bits per heavy atom. The van der Waals surface area contributed by atoms with E-state index in [1.54, 1.807) is 0 Å². The summed E-state index contributed by atoms with van der Waals surface area (Å²) in [5.74, 6) is 2.28. The second-order valence-electron chi connectivity index (χ2n) is 5.78. The van der Waals surface area contributed by atoms with Gasteiger partial charge in [0, 0.05) is 41.4 Å². The van der Waals surface area contributed by atoms with Crippen molar-refractivity contribution in [2.24, 2.45) is 5.92 Å². The molecule has 3 aliphatic rings. The number of rotatable bonds is 1. The first kappa shape index (κ1) is 12.6. The molecule has 0 aromatic rings. The van der Waals surface area contributed by atoms with Crippen molar-refractivity contribution in [2.75, 3.05) is 24.6 Å². The Bertz CT molecular complexity index is 337. The number of carbonyl (C=O) groups is 1. The van der Waals surface area contributed by atoms with E-state index in [0.717, 1.165) is 6.42 Å². The molecule has 1 N–H and O–H groups in total. The smallest absolute Gasteiger partial charge is 0.239 e. The van der Waals surface area contributed by atoms with Crippen LogP contribution in [-0.2, 0) is 15.6 Å². The van der Waals surface area contributed by atoms with E-state index < -0.39 is 10.8 Å². The van der Waals surface area contributed by atoms with Crippen LogP contribution in [0.3, 0.4) is 0 Å². The summed E-state index contributed by atoms with van der Waals surface area (Å²) >= 11 is 0. The zero-order valence-electron chi connectivity index (χ0n) is 10.8. The summed E-state index contributed by atoms with van der Waals surface area (Å²) in [5.41, 5.74) is 0. The Labute approximate surface area is 111 Å². The minimum Gasteiger partial charge on any atom is -0.340 e. The van der Waals surface area contributed by atoms with Crippen molar-refractivity contribution in [1.29, 1.82) is 0 Å². The molecule has 2 saturated heterocycles. The van der Waals surface area contributed by atoms with Crippen molar-refractivity contribution >= 4 is 16.7 Å². The van der Waals surface area contributed by atoms with Gasteiger partial charge >= 0.3 is 0 Å². The Morgan fingerprint density at radius 3 is 2.61 bits per heavy atom. The minimum absolute atomic E-state index is 0.0321. The van der Waals surface area contributed by atoms with Gasteiger partial charge < -0.3 is 10.2 Å². The predicted octanol–water partition coefficient (Wildman–Crippen LogP) is 0.498. The molecule has 102 valence electrons. The lowest BCUT2D eigenvalue weighted by Crippen LogP contribution is -2.49. The molecule has 0 bridgehead atoms. The van der Waals surface area contributed by atoms with Crippen LogP contribution in [0.25, 0.3) is 0 Å². The molecule has 0 aromatic heterocycles. The van der Waals surface area contributed by atoms with Crippen molar-refractivity contribution in [3.63, 3.8) is 0 Å². The molecule has 2 aliphatic heterocycles. The SMILES string of the molecule is O=C(C1CC2CCCCC2N1)N1CCS(=O)CC1. The van der Waals surface area contributed by atoms with Crippen molar-refractivity contribution in [3.8, 4) is 0 Å². The molecule has 0 aromatic carbocycles. The average Bonchev–Trinajstić information content (AvgIpc) is 2.82. The Kier molecular flexibility index (Phi) is 3.71. The lowest BCUT2D eigenvalue weighted by Gasteiger charge is -2.29. The summed E-state index contributed by atoms with van der Waals surface area (Å²) in [6, 6.07) is 0.608. The first-order valence-electron chi connectivity index (χ1n) is 7.14. The fraction of sp³-hybridized carbons (Fsp3) is 0.923. The van der Waals surface area contributed by atoms with E-state index in [1.807, 2.05) is 4.90 Å². The highest BCUT2D eigenvalue weighted by atomic mass is 32.2. The zero-order valence-corrected chi connectivity index (χ0v) is 11.6. The lowest BCUT2D eigenvalue weighted by atomic mass is 9.85. The molecule has 3 rings (SSSR count). The van der Waals surface area contributed by atoms with E-state index in [1.165, 1.54) is 25.7 Å². The van der Waals surface area contributed by atoms with Crippen LogP contribution in [0.4, 0.5) is 0 Å². The average molecular weight is 270 g/mol. The van der Waals surface area contributed by atoms with Crippen LogP contribution in [0.2, 0.25) is 0 Å². The molecule has 3 fully saturated rings. The monoisotopic (exact) mass is 270 g/mol. The summed E-state index contributed by atoms with van der Waals surface area (Å²) in [7, 11) is -0.700. The molecule has 1 amide bonds. The normalized spacial score (nSPS) is 37.6. The third-order valence-corrected chi connectivity index (χ3v) is 5.93. The van der Waals surface area contributed by atoms with Gasteiger partial charge in [-0.15, -0.1) is 0 Å². The summed E-state index contributed by atoms with van der Waals surface area (Å²) in [4.78, 5) is 14.3. The van der Waals surface area contributed by atoms with Crippen molar-refractivity contribution in [1.82, 2.24) is 10.2 Å². The molecule has 1 aliphatic carbocycles. The molecule has 3 unspecified atom stereocenters. The number of amides is 1. The predicted molar refractivity (Wildman–Crippen MR) is 71.7 cm³/mol. The van der Waals surface area contributed by atoms with E-state index >= 15 is 0 Å². The van der Waals surface area contributed by atoms with E-state index in [-0.39, 0.29) is 11.9 Å². The van der Waals surface area contributed by atoms with Gasteiger partial charge in [-0.1, -0.05) is 12.8 Å². The Hall–Kier alpha value is -0.420. The van der Waals surface area contributed by atoms with Crippen molar-refractivity contribution < 1.29 is 9.00 Å². The number of nitrogens with one attached hydrogen (secondary N) is 1. The van der Waals surface area contributed by atoms with Crippen LogP contribution >= 0.6 is 0 Å². The molecule has 2 heterocycles. The van der Waals surface area contributed by atoms with Gasteiger partial charge in [0.1, 0.15) is 0 Å². The first-order chi connectivity index (χ1) is 8.74. The standard InChI is InChI=1S/C13H22N2O2S/c16-13(15-5-7-18(17)8-6-15)12-9-10-3-1-2-4-11(10)14-12/h10-12,14H,1-9H2. The molecule has 0 radical (unpaired) electrons. The number of hydrogen-bond acceptors (Lipinski definition) is 3. The summed E-state index contributed by atoms with van der Waals surface area (Å²) in [5, 5.41) is 3.53. The molecular weight excluding hydrogens is 248 g/mol. The molecule has 4 nitrogen and oxygen atoms in total. The van der Waals surface area contributed by atoms with Gasteiger partial charge in [-0.3, -0.25) is 9.00 Å². The zero-order chi connectivity index (χ0) is 12.5. The van der Waals surface area contributed by atoms with Crippen LogP contribution in [0.5, 0.6) is 0 Å². The second kappa shape index (κ2) is 5.29. The quantitative estimate of drug-likeness (QED) is 0.755. The maximum absolute atomic E-state index is 12.4. The molecule has 5 heteroatoms. The topological polar surface area (TPSA) is 49.4 Å². The fourth-order valence-electron chi connectivity index (χ4n) is 3.59.